The fourth-order valence-corrected chi connectivity index (χ4v) is 1.87. The summed E-state index contributed by atoms with van der Waals surface area (Å²) in [5.74, 6) is -0.464. The molecule has 0 radical (unpaired) electrons. The number of para-hydroxylation sites is 1. The summed E-state index contributed by atoms with van der Waals surface area (Å²) in [7, 11) is 0. The minimum atomic E-state index is -0.512. The van der Waals surface area contributed by atoms with Crippen molar-refractivity contribution in [1.82, 2.24) is 9.55 Å². The zero-order chi connectivity index (χ0) is 14.5. The first kappa shape index (κ1) is 13.8. The summed E-state index contributed by atoms with van der Waals surface area (Å²) in [6.07, 6.45) is 2.78. The average Bonchev–Trinajstić information content (AvgIpc) is 2.43. The van der Waals surface area contributed by atoms with Crippen LogP contribution in [-0.4, -0.2) is 22.1 Å². The molecule has 1 aromatic carbocycles. The molecule has 0 aliphatic carbocycles. The number of benzene rings is 1. The van der Waals surface area contributed by atoms with E-state index in [1.807, 2.05) is 0 Å². The number of allylic oxidation sites excluding steroid dienone is 1. The Hall–Kier alpha value is -2.63. The highest BCUT2D eigenvalue weighted by Gasteiger charge is 2.05. The summed E-state index contributed by atoms with van der Waals surface area (Å²) < 4.78 is 6.13. The van der Waals surface area contributed by atoms with Gasteiger partial charge in [-0.05, 0) is 19.1 Å². The number of fused-ring (bicyclic) bond motifs is 1. The van der Waals surface area contributed by atoms with Crippen molar-refractivity contribution in [3.05, 3.63) is 57.3 Å². The van der Waals surface area contributed by atoms with Crippen molar-refractivity contribution >= 4 is 16.9 Å². The van der Waals surface area contributed by atoms with Crippen LogP contribution in [0.2, 0.25) is 0 Å². The molecule has 2 rings (SSSR count). The van der Waals surface area contributed by atoms with Crippen LogP contribution < -0.4 is 11.2 Å². The number of nitrogens with one attached hydrogen (secondary N) is 1. The van der Waals surface area contributed by atoms with Crippen molar-refractivity contribution in [2.75, 3.05) is 6.61 Å². The summed E-state index contributed by atoms with van der Waals surface area (Å²) in [5, 5.41) is 0.427. The van der Waals surface area contributed by atoms with E-state index in [2.05, 4.69) is 4.98 Å². The van der Waals surface area contributed by atoms with E-state index in [-0.39, 0.29) is 6.54 Å². The van der Waals surface area contributed by atoms with Crippen LogP contribution in [-0.2, 0) is 16.1 Å². The molecule has 0 atom stereocenters. The molecule has 0 spiro atoms. The van der Waals surface area contributed by atoms with Crippen LogP contribution in [0.5, 0.6) is 0 Å². The van der Waals surface area contributed by atoms with Gasteiger partial charge in [-0.25, -0.2) is 9.59 Å². The molecule has 1 heterocycles. The molecule has 0 amide bonds. The first-order valence-corrected chi connectivity index (χ1v) is 6.18. The minimum absolute atomic E-state index is 0.176. The third-order valence-electron chi connectivity index (χ3n) is 2.73. The Kier molecular flexibility index (Phi) is 4.14. The lowest BCUT2D eigenvalue weighted by atomic mass is 10.2. The van der Waals surface area contributed by atoms with Gasteiger partial charge in [0.2, 0.25) is 0 Å². The zero-order valence-corrected chi connectivity index (χ0v) is 11.0. The number of ether oxygens (including phenoxy) is 1. The second-order valence-electron chi connectivity index (χ2n) is 4.04. The van der Waals surface area contributed by atoms with Crippen molar-refractivity contribution in [1.29, 1.82) is 0 Å². The van der Waals surface area contributed by atoms with Crippen LogP contribution in [0.25, 0.3) is 10.9 Å². The van der Waals surface area contributed by atoms with Crippen LogP contribution >= 0.6 is 0 Å². The lowest BCUT2D eigenvalue weighted by Gasteiger charge is -2.06. The number of carbonyl (C=O) groups is 1. The van der Waals surface area contributed by atoms with Crippen molar-refractivity contribution < 1.29 is 9.53 Å². The molecule has 6 heteroatoms. The summed E-state index contributed by atoms with van der Waals surface area (Å²) in [4.78, 5) is 36.9. The van der Waals surface area contributed by atoms with Crippen molar-refractivity contribution in [2.24, 2.45) is 0 Å². The normalized spacial score (nSPS) is 11.1. The molecule has 0 aliphatic heterocycles. The molecular weight excluding hydrogens is 260 g/mol. The molecule has 0 saturated carbocycles. The summed E-state index contributed by atoms with van der Waals surface area (Å²) in [6, 6.07) is 6.79. The Morgan fingerprint density at radius 3 is 2.85 bits per heavy atom. The summed E-state index contributed by atoms with van der Waals surface area (Å²) >= 11 is 0. The molecule has 20 heavy (non-hydrogen) atoms. The molecule has 0 saturated heterocycles. The average molecular weight is 274 g/mol. The number of aromatic nitrogens is 2. The maximum atomic E-state index is 11.8. The van der Waals surface area contributed by atoms with Gasteiger partial charge in [0.05, 0.1) is 17.5 Å². The number of rotatable bonds is 4. The first-order valence-electron chi connectivity index (χ1n) is 6.18. The fourth-order valence-electron chi connectivity index (χ4n) is 1.87. The molecule has 0 aliphatic rings. The molecule has 6 nitrogen and oxygen atoms in total. The topological polar surface area (TPSA) is 81.2 Å². The van der Waals surface area contributed by atoms with E-state index in [9.17, 15) is 14.4 Å². The highest BCUT2D eigenvalue weighted by atomic mass is 16.5. The van der Waals surface area contributed by atoms with Gasteiger partial charge in [-0.3, -0.25) is 14.3 Å². The van der Waals surface area contributed by atoms with Gasteiger partial charge in [-0.1, -0.05) is 18.2 Å². The number of aromatic amines is 1. The van der Waals surface area contributed by atoms with Crippen LogP contribution in [0.3, 0.4) is 0 Å². The molecular formula is C14H14N2O4. The van der Waals surface area contributed by atoms with Gasteiger partial charge in [0.15, 0.2) is 0 Å². The van der Waals surface area contributed by atoms with E-state index in [0.29, 0.717) is 17.5 Å². The largest absolute Gasteiger partial charge is 0.463 e. The van der Waals surface area contributed by atoms with Gasteiger partial charge in [0.1, 0.15) is 0 Å². The molecule has 2 aromatic rings. The Morgan fingerprint density at radius 2 is 2.10 bits per heavy atom. The van der Waals surface area contributed by atoms with E-state index in [4.69, 9.17) is 4.74 Å². The third-order valence-corrected chi connectivity index (χ3v) is 2.73. The number of esters is 1. The van der Waals surface area contributed by atoms with Crippen LogP contribution in [0.1, 0.15) is 6.92 Å². The van der Waals surface area contributed by atoms with E-state index < -0.39 is 17.2 Å². The fraction of sp³-hybridized carbons (Fsp3) is 0.214. The van der Waals surface area contributed by atoms with Crippen molar-refractivity contribution in [3.63, 3.8) is 0 Å². The van der Waals surface area contributed by atoms with Gasteiger partial charge < -0.3 is 4.74 Å². The molecule has 104 valence electrons. The quantitative estimate of drug-likeness (QED) is 0.660. The number of hydrogen-bond acceptors (Lipinski definition) is 4. The monoisotopic (exact) mass is 274 g/mol. The van der Waals surface area contributed by atoms with E-state index in [1.165, 1.54) is 16.7 Å². The van der Waals surface area contributed by atoms with E-state index in [1.54, 1.807) is 31.2 Å². The Balaban J connectivity index is 2.38. The van der Waals surface area contributed by atoms with Gasteiger partial charge in [-0.15, -0.1) is 0 Å². The van der Waals surface area contributed by atoms with Crippen molar-refractivity contribution in [2.45, 2.75) is 13.5 Å². The second kappa shape index (κ2) is 6.01. The van der Waals surface area contributed by atoms with Gasteiger partial charge in [-0.2, -0.15) is 0 Å². The minimum Gasteiger partial charge on any atom is -0.463 e. The lowest BCUT2D eigenvalue weighted by molar-refractivity contribution is -0.137. The summed E-state index contributed by atoms with van der Waals surface area (Å²) in [6.45, 7) is 2.19. The maximum Gasteiger partial charge on any atom is 0.330 e. The maximum absolute atomic E-state index is 11.8. The molecule has 0 fully saturated rings. The van der Waals surface area contributed by atoms with Crippen LogP contribution in [0.4, 0.5) is 0 Å². The predicted octanol–water partition coefficient (Wildman–Crippen LogP) is 0.809. The van der Waals surface area contributed by atoms with Gasteiger partial charge >= 0.3 is 11.7 Å². The molecule has 0 unspecified atom stereocenters. The second-order valence-corrected chi connectivity index (χ2v) is 4.04. The number of H-pyrrole nitrogens is 1. The Bertz CT molecular complexity index is 771. The van der Waals surface area contributed by atoms with Crippen LogP contribution in [0, 0.1) is 0 Å². The number of carbonyl (C=O) groups excluding carboxylic acids is 1. The standard InChI is InChI=1S/C14H14N2O4/c1-2-20-12(17)8-5-9-16-11-7-4-3-6-10(11)13(18)15-14(16)19/h3-8H,2,9H2,1H3,(H,15,18,19). The van der Waals surface area contributed by atoms with E-state index >= 15 is 0 Å². The zero-order valence-electron chi connectivity index (χ0n) is 11.0. The highest BCUT2D eigenvalue weighted by Crippen LogP contribution is 2.06. The van der Waals surface area contributed by atoms with Gasteiger partial charge in [0, 0.05) is 12.6 Å². The van der Waals surface area contributed by atoms with E-state index in [0.717, 1.165) is 0 Å². The lowest BCUT2D eigenvalue weighted by Crippen LogP contribution is -2.30. The smallest absolute Gasteiger partial charge is 0.330 e. The Morgan fingerprint density at radius 1 is 1.35 bits per heavy atom. The van der Waals surface area contributed by atoms with Crippen LogP contribution in [0.15, 0.2) is 46.0 Å². The number of nitrogens with zero attached hydrogens (tertiary/aromatic N) is 1. The molecule has 1 N–H and O–H groups in total. The first-order chi connectivity index (χ1) is 9.63. The third kappa shape index (κ3) is 2.85. The Labute approximate surface area is 114 Å². The predicted molar refractivity (Wildman–Crippen MR) is 74.6 cm³/mol. The van der Waals surface area contributed by atoms with Crippen molar-refractivity contribution in [3.8, 4) is 0 Å². The number of hydrogen-bond donors (Lipinski definition) is 1. The van der Waals surface area contributed by atoms with Gasteiger partial charge in [0.25, 0.3) is 5.56 Å². The highest BCUT2D eigenvalue weighted by molar-refractivity contribution is 5.82. The SMILES string of the molecule is CCOC(=O)C=CCn1c(=O)[nH]c(=O)c2ccccc21. The molecule has 0 bridgehead atoms. The summed E-state index contributed by atoms with van der Waals surface area (Å²) in [5.41, 5.74) is -0.409. The molecule has 1 aromatic heterocycles.